The maximum absolute atomic E-state index is 13.1. The van der Waals surface area contributed by atoms with E-state index in [9.17, 15) is 14.4 Å². The number of hydrogen-bond acceptors (Lipinski definition) is 5. The fraction of sp³-hybridized carbons (Fsp3) is 0.333. The monoisotopic (exact) mass is 521 g/mol. The van der Waals surface area contributed by atoms with Gasteiger partial charge in [0.05, 0.1) is 17.1 Å². The van der Waals surface area contributed by atoms with Crippen LogP contribution >= 0.6 is 27.5 Å². The molecule has 4 rings (SSSR count). The lowest BCUT2D eigenvalue weighted by Gasteiger charge is -2.20. The minimum atomic E-state index is -0.665. The molecule has 0 atom stereocenters. The third-order valence-corrected chi connectivity index (χ3v) is 6.08. The molecule has 0 amide bonds. The third kappa shape index (κ3) is 3.67. The van der Waals surface area contributed by atoms with Crippen LogP contribution < -0.4 is 11.2 Å². The Morgan fingerprint density at radius 3 is 2.53 bits per heavy atom. The van der Waals surface area contributed by atoms with Crippen LogP contribution in [0.15, 0.2) is 38.7 Å². The van der Waals surface area contributed by atoms with Gasteiger partial charge in [-0.3, -0.25) is 18.5 Å². The third-order valence-electron chi connectivity index (χ3n) is 5.05. The SMILES string of the molecule is Cn1c(Br)nc2c1c(=O)n(Cc1cc(Cl)c3ccn(C(=O)OC(C)(C)C)c3c1)c(=O)n2C. The van der Waals surface area contributed by atoms with Crippen LogP contribution in [0.25, 0.3) is 22.1 Å². The van der Waals surface area contributed by atoms with Gasteiger partial charge in [-0.25, -0.2) is 14.6 Å². The molecule has 0 aliphatic carbocycles. The van der Waals surface area contributed by atoms with E-state index in [4.69, 9.17) is 16.3 Å². The van der Waals surface area contributed by atoms with Gasteiger partial charge in [0.15, 0.2) is 15.9 Å². The van der Waals surface area contributed by atoms with Crippen LogP contribution in [-0.2, 0) is 25.4 Å². The molecule has 0 saturated heterocycles. The molecule has 0 spiro atoms. The lowest BCUT2D eigenvalue weighted by molar-refractivity contribution is 0.0544. The van der Waals surface area contributed by atoms with Crippen molar-refractivity contribution in [3.63, 3.8) is 0 Å². The molecule has 0 bridgehead atoms. The van der Waals surface area contributed by atoms with Crippen molar-refractivity contribution in [1.82, 2.24) is 23.3 Å². The van der Waals surface area contributed by atoms with Crippen molar-refractivity contribution in [2.24, 2.45) is 14.1 Å². The molecule has 9 nitrogen and oxygen atoms in total. The number of fused-ring (bicyclic) bond motifs is 2. The number of carbonyl (C=O) groups is 1. The number of nitrogens with zero attached hydrogens (tertiary/aromatic N) is 5. The van der Waals surface area contributed by atoms with Crippen molar-refractivity contribution in [2.45, 2.75) is 32.9 Å². The molecule has 0 aliphatic rings. The molecule has 0 saturated carbocycles. The lowest BCUT2D eigenvalue weighted by atomic mass is 10.1. The number of carbonyl (C=O) groups excluding carboxylic acids is 1. The summed E-state index contributed by atoms with van der Waals surface area (Å²) < 4.78 is 11.3. The fourth-order valence-electron chi connectivity index (χ4n) is 3.55. The number of benzene rings is 1. The van der Waals surface area contributed by atoms with Crippen LogP contribution in [0, 0.1) is 0 Å². The van der Waals surface area contributed by atoms with E-state index in [1.807, 2.05) is 0 Å². The predicted molar refractivity (Wildman–Crippen MR) is 126 cm³/mol. The first-order valence-electron chi connectivity index (χ1n) is 9.73. The Labute approximate surface area is 195 Å². The van der Waals surface area contributed by atoms with Gasteiger partial charge < -0.3 is 9.30 Å². The van der Waals surface area contributed by atoms with E-state index in [-0.39, 0.29) is 12.2 Å². The van der Waals surface area contributed by atoms with Crippen molar-refractivity contribution in [3.8, 4) is 0 Å². The molecular weight excluding hydrogens is 502 g/mol. The van der Waals surface area contributed by atoms with Crippen LogP contribution in [0.1, 0.15) is 26.3 Å². The lowest BCUT2D eigenvalue weighted by Crippen LogP contribution is -2.39. The molecule has 3 aromatic heterocycles. The zero-order valence-corrected chi connectivity index (χ0v) is 20.5. The van der Waals surface area contributed by atoms with Crippen LogP contribution in [0.5, 0.6) is 0 Å². The zero-order chi connectivity index (χ0) is 23.5. The van der Waals surface area contributed by atoms with Crippen LogP contribution in [0.4, 0.5) is 4.79 Å². The van der Waals surface area contributed by atoms with Gasteiger partial charge >= 0.3 is 11.8 Å². The molecule has 0 N–H and O–H groups in total. The number of hydrogen-bond donors (Lipinski definition) is 0. The summed E-state index contributed by atoms with van der Waals surface area (Å²) in [6.45, 7) is 5.32. The number of aryl methyl sites for hydroxylation is 2. The number of aromatic nitrogens is 5. The van der Waals surface area contributed by atoms with Crippen molar-refractivity contribution >= 4 is 55.7 Å². The summed E-state index contributed by atoms with van der Waals surface area (Å²) in [5.74, 6) is 0. The molecule has 1 aromatic carbocycles. The van der Waals surface area contributed by atoms with Gasteiger partial charge in [0.1, 0.15) is 5.60 Å². The van der Waals surface area contributed by atoms with Gasteiger partial charge in [0.25, 0.3) is 5.56 Å². The van der Waals surface area contributed by atoms with E-state index in [1.165, 1.54) is 9.13 Å². The molecule has 11 heteroatoms. The first-order valence-corrected chi connectivity index (χ1v) is 10.9. The topological polar surface area (TPSA) is 93.1 Å². The van der Waals surface area contributed by atoms with Gasteiger partial charge in [-0.05, 0) is 60.5 Å². The quantitative estimate of drug-likeness (QED) is 0.375. The minimum Gasteiger partial charge on any atom is -0.443 e. The molecule has 0 fully saturated rings. The first-order chi connectivity index (χ1) is 14.9. The highest BCUT2D eigenvalue weighted by atomic mass is 79.9. The van der Waals surface area contributed by atoms with E-state index in [0.717, 1.165) is 4.57 Å². The molecule has 0 unspecified atom stereocenters. The van der Waals surface area contributed by atoms with Crippen LogP contribution in [-0.4, -0.2) is 34.9 Å². The normalized spacial score (nSPS) is 12.1. The van der Waals surface area contributed by atoms with E-state index in [0.29, 0.717) is 31.7 Å². The summed E-state index contributed by atoms with van der Waals surface area (Å²) in [6, 6.07) is 5.12. The molecule has 0 aliphatic heterocycles. The average Bonchev–Trinajstić information content (AvgIpc) is 3.24. The second-order valence-corrected chi connectivity index (χ2v) is 9.64. The zero-order valence-electron chi connectivity index (χ0n) is 18.1. The first kappa shape index (κ1) is 22.3. The van der Waals surface area contributed by atoms with Crippen LogP contribution in [0.3, 0.4) is 0 Å². The summed E-state index contributed by atoms with van der Waals surface area (Å²) in [6.07, 6.45) is 1.04. The van der Waals surface area contributed by atoms with Gasteiger partial charge in [-0.15, -0.1) is 0 Å². The number of imidazole rings is 1. The highest BCUT2D eigenvalue weighted by molar-refractivity contribution is 9.10. The maximum atomic E-state index is 13.1. The molecule has 3 heterocycles. The number of halogens is 2. The number of rotatable bonds is 2. The summed E-state index contributed by atoms with van der Waals surface area (Å²) >= 11 is 9.75. The van der Waals surface area contributed by atoms with Crippen molar-refractivity contribution in [2.75, 3.05) is 0 Å². The van der Waals surface area contributed by atoms with E-state index >= 15 is 0 Å². The van der Waals surface area contributed by atoms with Crippen LogP contribution in [0.2, 0.25) is 5.02 Å². The van der Waals surface area contributed by atoms with Gasteiger partial charge in [0, 0.05) is 25.7 Å². The Bertz CT molecular complexity index is 1520. The average molecular weight is 523 g/mol. The van der Waals surface area contributed by atoms with Crippen molar-refractivity contribution in [1.29, 1.82) is 0 Å². The molecule has 4 aromatic rings. The molecular formula is C21H21BrClN5O4. The second-order valence-electron chi connectivity index (χ2n) is 8.52. The maximum Gasteiger partial charge on any atom is 0.418 e. The minimum absolute atomic E-state index is 0.0284. The summed E-state index contributed by atoms with van der Waals surface area (Å²) in [5, 5.41) is 1.06. The fourth-order valence-corrected chi connectivity index (χ4v) is 4.20. The summed E-state index contributed by atoms with van der Waals surface area (Å²) in [5.41, 5.74) is 0.0545. The van der Waals surface area contributed by atoms with E-state index in [2.05, 4.69) is 20.9 Å². The Hall–Kier alpha value is -2.85. The standard InChI is InChI=1S/C21H21BrClN5O4/c1-21(2,3)32-20(31)27-7-6-12-13(23)8-11(9-14(12)27)10-28-17(29)15-16(26(5)19(28)30)24-18(22)25(15)4/h6-9H,10H2,1-5H3. The Balaban J connectivity index is 1.86. The van der Waals surface area contributed by atoms with Gasteiger partial charge in [-0.1, -0.05) is 11.6 Å². The largest absolute Gasteiger partial charge is 0.443 e. The Morgan fingerprint density at radius 2 is 1.88 bits per heavy atom. The highest BCUT2D eigenvalue weighted by Crippen LogP contribution is 2.27. The van der Waals surface area contributed by atoms with Crippen molar-refractivity contribution in [3.05, 3.63) is 60.6 Å². The molecule has 168 valence electrons. The van der Waals surface area contributed by atoms with E-state index < -0.39 is 22.9 Å². The second kappa shape index (κ2) is 7.63. The predicted octanol–water partition coefficient (Wildman–Crippen LogP) is 3.64. The molecule has 0 radical (unpaired) electrons. The van der Waals surface area contributed by atoms with E-state index in [1.54, 1.807) is 63.8 Å². The summed E-state index contributed by atoms with van der Waals surface area (Å²) in [4.78, 5) is 42.9. The highest BCUT2D eigenvalue weighted by Gasteiger charge is 2.21. The van der Waals surface area contributed by atoms with Crippen molar-refractivity contribution < 1.29 is 9.53 Å². The molecule has 32 heavy (non-hydrogen) atoms. The van der Waals surface area contributed by atoms with Gasteiger partial charge in [0.2, 0.25) is 0 Å². The smallest absolute Gasteiger partial charge is 0.418 e. The van der Waals surface area contributed by atoms with Gasteiger partial charge in [-0.2, -0.15) is 0 Å². The summed E-state index contributed by atoms with van der Waals surface area (Å²) in [7, 11) is 3.25. The Kier molecular flexibility index (Phi) is 5.33. The number of ether oxygens (including phenoxy) is 1. The Morgan fingerprint density at radius 1 is 1.19 bits per heavy atom.